The fraction of sp³-hybridized carbons (Fsp3) is 0.154. The maximum atomic E-state index is 15.5. The van der Waals surface area contributed by atoms with E-state index in [0.717, 1.165) is 4.91 Å². The molecule has 3 atom stereocenters. The first-order valence-electron chi connectivity index (χ1n) is 16.2. The highest BCUT2D eigenvalue weighted by Crippen LogP contribution is 2.47. The lowest BCUT2D eigenvalue weighted by Crippen LogP contribution is -2.36. The van der Waals surface area contributed by atoms with Crippen LogP contribution in [-0.4, -0.2) is 56.8 Å². The third-order valence-corrected chi connectivity index (χ3v) is 10.9. The number of methoxy groups -OCH3 is 1. The summed E-state index contributed by atoms with van der Waals surface area (Å²) in [6, 6.07) is 23.3. The lowest BCUT2D eigenvalue weighted by Gasteiger charge is -2.26. The summed E-state index contributed by atoms with van der Waals surface area (Å²) >= 11 is 0. The van der Waals surface area contributed by atoms with Gasteiger partial charge in [0.1, 0.15) is 22.9 Å². The molecule has 0 aliphatic carbocycles. The number of allylic oxidation sites excluding steroid dienone is 2. The smallest absolute Gasteiger partial charge is 0.345 e. The summed E-state index contributed by atoms with van der Waals surface area (Å²) in [6.45, 7) is 0.187. The van der Waals surface area contributed by atoms with Crippen LogP contribution in [0.3, 0.4) is 0 Å². The minimum absolute atomic E-state index is 0.0235. The Morgan fingerprint density at radius 3 is 2.52 bits per heavy atom. The van der Waals surface area contributed by atoms with Gasteiger partial charge in [0.05, 0.1) is 24.6 Å². The van der Waals surface area contributed by atoms with E-state index in [1.807, 2.05) is 17.6 Å². The highest BCUT2D eigenvalue weighted by atomic mass is 32.2. The van der Waals surface area contributed by atoms with Crippen molar-refractivity contribution in [3.63, 3.8) is 0 Å². The SMILES string of the molecule is COc1cc(CNC[C@H](O)c2ccc(O)c3[nH]c(=O)ccc23)cc(F)c1C(=O)NC[SH]1C=CC=C1c1cccc([C@](O)(C(=O)O)c2ccccc2)c1. The number of aliphatic hydroxyl groups excluding tert-OH is 1. The molecule has 5 aromatic rings. The van der Waals surface area contributed by atoms with Crippen molar-refractivity contribution in [1.82, 2.24) is 15.6 Å². The van der Waals surface area contributed by atoms with Crippen molar-refractivity contribution in [2.45, 2.75) is 18.2 Å². The van der Waals surface area contributed by atoms with Crippen LogP contribution in [0.4, 0.5) is 4.39 Å². The number of rotatable bonds is 13. The molecule has 1 aliphatic rings. The molecular weight excluding hydrogens is 690 g/mol. The number of aromatic amines is 1. The molecule has 1 amide bonds. The van der Waals surface area contributed by atoms with Crippen LogP contribution in [-0.2, 0) is 16.9 Å². The van der Waals surface area contributed by atoms with Gasteiger partial charge in [0.2, 0.25) is 11.2 Å². The molecule has 13 heteroatoms. The van der Waals surface area contributed by atoms with Gasteiger partial charge in [-0.2, -0.15) is 10.9 Å². The first-order chi connectivity index (χ1) is 25.0. The average molecular weight is 726 g/mol. The summed E-state index contributed by atoms with van der Waals surface area (Å²) in [5.74, 6) is -2.83. The number of amides is 1. The minimum atomic E-state index is -2.28. The van der Waals surface area contributed by atoms with Gasteiger partial charge in [-0.15, -0.1) is 0 Å². The van der Waals surface area contributed by atoms with E-state index >= 15 is 4.39 Å². The second-order valence-corrected chi connectivity index (χ2v) is 14.1. The number of hydrogen-bond donors (Lipinski definition) is 8. The predicted molar refractivity (Wildman–Crippen MR) is 198 cm³/mol. The van der Waals surface area contributed by atoms with Gasteiger partial charge in [-0.05, 0) is 69.0 Å². The fourth-order valence-electron chi connectivity index (χ4n) is 6.19. The largest absolute Gasteiger partial charge is 0.506 e. The summed E-state index contributed by atoms with van der Waals surface area (Å²) in [5, 5.41) is 50.7. The number of pyridine rings is 1. The highest BCUT2D eigenvalue weighted by molar-refractivity contribution is 8.27. The standard InChI is InChI=1S/C39H36FN3O8S/c1-51-32-18-23(20-41-21-31(45)27-12-14-30(44)36-28(27)13-15-34(46)43-36)17-29(40)35(32)37(47)42-22-52-16-6-11-33(52)24-7-5-10-26(19-24)39(50,38(48)49)25-8-3-2-4-9-25/h2-19,31,41,44-45,50,52H,20-22H2,1H3,(H,42,47)(H,43,46)(H,48,49)/t31-,39-/m0/s1. The molecule has 0 fully saturated rings. The number of aliphatic carboxylic acids is 1. The van der Waals surface area contributed by atoms with Crippen LogP contribution in [0, 0.1) is 5.82 Å². The number of carbonyl (C=O) groups excluding carboxylic acids is 1. The van der Waals surface area contributed by atoms with Gasteiger partial charge >= 0.3 is 5.97 Å². The van der Waals surface area contributed by atoms with Crippen LogP contribution in [0.25, 0.3) is 15.8 Å². The fourth-order valence-corrected chi connectivity index (χ4v) is 7.98. The second kappa shape index (κ2) is 15.3. The molecule has 0 bridgehead atoms. The van der Waals surface area contributed by atoms with Gasteiger partial charge in [0.25, 0.3) is 5.91 Å². The number of H-pyrrole nitrogens is 1. The molecule has 1 unspecified atom stereocenters. The number of thiol groups is 1. The number of aromatic hydroxyl groups is 1. The molecule has 1 aromatic heterocycles. The van der Waals surface area contributed by atoms with Crippen molar-refractivity contribution in [3.05, 3.63) is 158 Å². The van der Waals surface area contributed by atoms with Crippen molar-refractivity contribution in [2.75, 3.05) is 19.5 Å². The van der Waals surface area contributed by atoms with Gasteiger partial charge in [-0.3, -0.25) is 9.59 Å². The molecule has 0 spiro atoms. The lowest BCUT2D eigenvalue weighted by molar-refractivity contribution is -0.155. The Balaban J connectivity index is 1.11. The van der Waals surface area contributed by atoms with Crippen LogP contribution in [0.1, 0.15) is 44.3 Å². The lowest BCUT2D eigenvalue weighted by atomic mass is 9.85. The molecular formula is C39H36FN3O8S. The third kappa shape index (κ3) is 7.20. The molecule has 11 nitrogen and oxygen atoms in total. The van der Waals surface area contributed by atoms with E-state index in [9.17, 15) is 34.8 Å². The summed E-state index contributed by atoms with van der Waals surface area (Å²) < 4.78 is 20.9. The molecule has 268 valence electrons. The number of carboxylic acid groups (broad SMARTS) is 1. The molecule has 0 saturated heterocycles. The van der Waals surface area contributed by atoms with Crippen LogP contribution < -0.4 is 20.9 Å². The number of halogens is 1. The van der Waals surface area contributed by atoms with E-state index in [1.165, 1.54) is 37.4 Å². The number of aromatic nitrogens is 1. The number of hydrogen-bond acceptors (Lipinski definition) is 8. The molecule has 0 radical (unpaired) electrons. The summed E-state index contributed by atoms with van der Waals surface area (Å²) in [4.78, 5) is 40.8. The maximum Gasteiger partial charge on any atom is 0.345 e. The van der Waals surface area contributed by atoms with E-state index in [1.54, 1.807) is 60.7 Å². The van der Waals surface area contributed by atoms with Gasteiger partial charge in [0, 0.05) is 30.1 Å². The van der Waals surface area contributed by atoms with Crippen molar-refractivity contribution in [1.29, 1.82) is 0 Å². The Hall–Kier alpha value is -5.73. The van der Waals surface area contributed by atoms with Crippen LogP contribution in [0.5, 0.6) is 11.5 Å². The molecule has 7 N–H and O–H groups in total. The van der Waals surface area contributed by atoms with Crippen molar-refractivity contribution < 1.29 is 39.1 Å². The Morgan fingerprint density at radius 2 is 1.77 bits per heavy atom. The number of carboxylic acids is 1. The Labute approximate surface area is 300 Å². The van der Waals surface area contributed by atoms with Gasteiger partial charge < -0.3 is 40.8 Å². The molecule has 2 heterocycles. The number of ether oxygens (including phenoxy) is 1. The van der Waals surface area contributed by atoms with Gasteiger partial charge in [-0.25, -0.2) is 9.18 Å². The van der Waals surface area contributed by atoms with E-state index in [4.69, 9.17) is 4.74 Å². The minimum Gasteiger partial charge on any atom is -0.506 e. The van der Waals surface area contributed by atoms with Gasteiger partial charge in [0.15, 0.2) is 0 Å². The quantitative estimate of drug-likeness (QED) is 0.0793. The Bertz CT molecular complexity index is 2280. The van der Waals surface area contributed by atoms with Crippen molar-refractivity contribution in [3.8, 4) is 11.5 Å². The Morgan fingerprint density at radius 1 is 1.00 bits per heavy atom. The zero-order chi connectivity index (χ0) is 37.0. The van der Waals surface area contributed by atoms with E-state index in [-0.39, 0.29) is 52.7 Å². The molecule has 1 aliphatic heterocycles. The topological polar surface area (TPSA) is 181 Å². The first kappa shape index (κ1) is 36.1. The van der Waals surface area contributed by atoms with Crippen LogP contribution in [0.15, 0.2) is 113 Å². The zero-order valence-corrected chi connectivity index (χ0v) is 28.7. The number of benzene rings is 4. The van der Waals surface area contributed by atoms with Crippen molar-refractivity contribution >= 4 is 38.6 Å². The van der Waals surface area contributed by atoms with Crippen LogP contribution >= 0.6 is 10.9 Å². The normalized spacial score (nSPS) is 16.2. The first-order valence-corrected chi connectivity index (χ1v) is 17.8. The van der Waals surface area contributed by atoms with E-state index in [2.05, 4.69) is 15.6 Å². The number of nitrogens with one attached hydrogen (secondary N) is 3. The summed E-state index contributed by atoms with van der Waals surface area (Å²) in [5.41, 5.74) is -0.715. The van der Waals surface area contributed by atoms with Gasteiger partial charge in [-0.1, -0.05) is 60.7 Å². The predicted octanol–water partition coefficient (Wildman–Crippen LogP) is 4.78. The van der Waals surface area contributed by atoms with Crippen molar-refractivity contribution in [2.24, 2.45) is 0 Å². The third-order valence-electron chi connectivity index (χ3n) is 8.81. The maximum absolute atomic E-state index is 15.5. The highest BCUT2D eigenvalue weighted by Gasteiger charge is 2.40. The summed E-state index contributed by atoms with van der Waals surface area (Å²) in [7, 11) is 0.219. The number of fused-ring (bicyclic) bond motifs is 1. The Kier molecular flexibility index (Phi) is 10.6. The summed E-state index contributed by atoms with van der Waals surface area (Å²) in [6.07, 6.45) is 2.68. The molecule has 0 saturated carbocycles. The zero-order valence-electron chi connectivity index (χ0n) is 27.8. The number of carbonyl (C=O) groups is 2. The average Bonchev–Trinajstić information content (AvgIpc) is 3.62. The second-order valence-electron chi connectivity index (χ2n) is 12.1. The number of phenolic OH excluding ortho intramolecular Hbond substituents is 1. The van der Waals surface area contributed by atoms with E-state index < -0.39 is 45.9 Å². The molecule has 6 rings (SSSR count). The van der Waals surface area contributed by atoms with Crippen LogP contribution in [0.2, 0.25) is 0 Å². The monoisotopic (exact) mass is 725 g/mol. The molecule has 4 aromatic carbocycles. The number of phenols is 1. The van der Waals surface area contributed by atoms with E-state index in [0.29, 0.717) is 22.1 Å². The molecule has 52 heavy (non-hydrogen) atoms. The number of aliphatic hydroxyl groups is 2.